The molecule has 0 fully saturated rings. The molecular formula is C52H64O15Si3. The number of aryl methyl sites for hydroxylation is 3. The van der Waals surface area contributed by atoms with E-state index in [9.17, 15) is 28.8 Å². The molecule has 70 heavy (non-hydrogen) atoms. The standard InChI is InChI=1S/C52H64O15Si3/c1-11-33-52(34-43(68(15-5)16-6)59-49(56)65-62-46(53)40-27-21-37(12-2)22-28-40,35-44(69(17-7)18-8)60-50(57)66-63-47(54)41-29-23-38(13-3)24-30-41)36-45(70(19-9)20-10)61-51(58)67-64-48(55)42-31-25-39(14-4)26-32-42/h15-32,43-45,68-70H,5-14,33-36H2,1-4H3. The van der Waals surface area contributed by atoms with Crippen molar-refractivity contribution in [2.24, 2.45) is 5.41 Å². The summed E-state index contributed by atoms with van der Waals surface area (Å²) in [5, 5.41) is 0. The summed E-state index contributed by atoms with van der Waals surface area (Å²) in [5.74, 6) is -2.82. The fraction of sp³-hybridized carbons (Fsp3) is 0.308. The molecule has 0 bridgehead atoms. The van der Waals surface area contributed by atoms with Crippen molar-refractivity contribution in [2.75, 3.05) is 0 Å². The van der Waals surface area contributed by atoms with E-state index in [-0.39, 0.29) is 36.0 Å². The molecule has 0 spiro atoms. The van der Waals surface area contributed by atoms with Gasteiger partial charge in [-0.1, -0.05) is 105 Å². The maximum Gasteiger partial charge on any atom is 0.549 e. The molecule has 3 aromatic rings. The number of carbonyl (C=O) groups is 6. The van der Waals surface area contributed by atoms with Gasteiger partial charge in [0.25, 0.3) is 0 Å². The predicted octanol–water partition coefficient (Wildman–Crippen LogP) is 10.2. The summed E-state index contributed by atoms with van der Waals surface area (Å²) in [7, 11) is -7.57. The monoisotopic (exact) mass is 1010 g/mol. The highest BCUT2D eigenvalue weighted by Crippen LogP contribution is 2.43. The minimum absolute atomic E-state index is 0.0165. The average molecular weight is 1010 g/mol. The van der Waals surface area contributed by atoms with Gasteiger partial charge in [-0.25, -0.2) is 43.7 Å². The maximum absolute atomic E-state index is 13.5. The molecule has 0 aliphatic heterocycles. The zero-order valence-corrected chi connectivity index (χ0v) is 43.8. The maximum atomic E-state index is 13.5. The molecule has 374 valence electrons. The first-order chi connectivity index (χ1) is 33.6. The lowest BCUT2D eigenvalue weighted by atomic mass is 9.74. The van der Waals surface area contributed by atoms with E-state index in [4.69, 9.17) is 43.5 Å². The van der Waals surface area contributed by atoms with Crippen molar-refractivity contribution in [3.63, 3.8) is 0 Å². The molecule has 0 heterocycles. The van der Waals surface area contributed by atoms with Crippen LogP contribution in [0.2, 0.25) is 0 Å². The van der Waals surface area contributed by atoms with E-state index in [2.05, 4.69) is 39.5 Å². The fourth-order valence-corrected chi connectivity index (χ4v) is 13.3. The number of carbonyl (C=O) groups excluding carboxylic acids is 6. The zero-order valence-electron chi connectivity index (χ0n) is 40.4. The van der Waals surface area contributed by atoms with Gasteiger partial charge in [-0.2, -0.15) is 14.4 Å². The number of benzene rings is 3. The molecule has 0 saturated heterocycles. The molecule has 0 N–H and O–H groups in total. The Kier molecular flexibility index (Phi) is 24.4. The third-order valence-electron chi connectivity index (χ3n) is 11.7. The van der Waals surface area contributed by atoms with E-state index in [1.165, 1.54) is 36.4 Å². The van der Waals surface area contributed by atoms with Crippen LogP contribution in [-0.2, 0) is 62.8 Å². The second-order valence-corrected chi connectivity index (χ2v) is 24.8. The van der Waals surface area contributed by atoms with Gasteiger partial charge in [0, 0.05) is 0 Å². The van der Waals surface area contributed by atoms with Crippen LogP contribution in [0.3, 0.4) is 0 Å². The van der Waals surface area contributed by atoms with Crippen LogP contribution in [0, 0.1) is 5.41 Å². The Labute approximate surface area is 415 Å². The van der Waals surface area contributed by atoms with Gasteiger partial charge in [-0.15, -0.1) is 39.5 Å². The van der Waals surface area contributed by atoms with Crippen molar-refractivity contribution in [3.05, 3.63) is 180 Å². The van der Waals surface area contributed by atoms with Gasteiger partial charge in [0.15, 0.2) is 0 Å². The topological polar surface area (TPSA) is 185 Å². The van der Waals surface area contributed by atoms with Gasteiger partial charge < -0.3 is 14.2 Å². The van der Waals surface area contributed by atoms with Gasteiger partial charge >= 0.3 is 36.4 Å². The lowest BCUT2D eigenvalue weighted by Crippen LogP contribution is -2.47. The minimum Gasteiger partial charge on any atom is -0.432 e. The van der Waals surface area contributed by atoms with Crippen LogP contribution in [0.1, 0.15) is 108 Å². The summed E-state index contributed by atoms with van der Waals surface area (Å²) >= 11 is 0. The van der Waals surface area contributed by atoms with Crippen LogP contribution in [0.15, 0.2) is 146 Å². The van der Waals surface area contributed by atoms with Crippen LogP contribution in [0.5, 0.6) is 0 Å². The predicted molar refractivity (Wildman–Crippen MR) is 272 cm³/mol. The lowest BCUT2D eigenvalue weighted by molar-refractivity contribution is -0.208. The highest BCUT2D eigenvalue weighted by Gasteiger charge is 2.44. The zero-order chi connectivity index (χ0) is 51.6. The molecule has 0 aromatic heterocycles. The van der Waals surface area contributed by atoms with Crippen molar-refractivity contribution in [2.45, 2.75) is 96.2 Å². The van der Waals surface area contributed by atoms with Crippen LogP contribution in [0.25, 0.3) is 0 Å². The van der Waals surface area contributed by atoms with Crippen LogP contribution < -0.4 is 0 Å². The second-order valence-electron chi connectivity index (χ2n) is 16.2. The summed E-state index contributed by atoms with van der Waals surface area (Å²) in [6.45, 7) is 31.7. The summed E-state index contributed by atoms with van der Waals surface area (Å²) in [5.41, 5.74) is 8.95. The minimum atomic E-state index is -2.52. The molecule has 0 amide bonds. The third kappa shape index (κ3) is 17.8. The van der Waals surface area contributed by atoms with Crippen LogP contribution in [-0.4, -0.2) is 79.9 Å². The fourth-order valence-electron chi connectivity index (χ4n) is 7.75. The molecule has 3 rings (SSSR count). The quantitative estimate of drug-likeness (QED) is 0.0243. The van der Waals surface area contributed by atoms with Gasteiger partial charge in [0.2, 0.25) is 0 Å². The van der Waals surface area contributed by atoms with Gasteiger partial charge in [0.05, 0.1) is 33.9 Å². The molecular weight excluding hydrogens is 949 g/mol. The van der Waals surface area contributed by atoms with E-state index in [0.717, 1.165) is 36.0 Å². The highest BCUT2D eigenvalue weighted by molar-refractivity contribution is 6.71. The van der Waals surface area contributed by atoms with Gasteiger partial charge in [-0.05, 0) is 103 Å². The first-order valence-electron chi connectivity index (χ1n) is 23.0. The van der Waals surface area contributed by atoms with Crippen molar-refractivity contribution in [3.8, 4) is 0 Å². The average Bonchev–Trinajstić information content (AvgIpc) is 3.37. The molecule has 0 aliphatic rings. The molecule has 15 nitrogen and oxygen atoms in total. The Hall–Kier alpha value is -7.03. The van der Waals surface area contributed by atoms with Crippen molar-refractivity contribution < 1.29 is 72.3 Å². The number of ether oxygens (including phenoxy) is 3. The smallest absolute Gasteiger partial charge is 0.432 e. The third-order valence-corrected chi connectivity index (χ3v) is 18.7. The Bertz CT molecular complexity index is 2010. The summed E-state index contributed by atoms with van der Waals surface area (Å²) < 4.78 is 17.9. The Morgan fingerprint density at radius 3 is 0.871 bits per heavy atom. The number of hydrogen-bond donors (Lipinski definition) is 0. The number of hydrogen-bond acceptors (Lipinski definition) is 15. The van der Waals surface area contributed by atoms with E-state index in [1.807, 2.05) is 27.7 Å². The van der Waals surface area contributed by atoms with Gasteiger partial charge in [0.1, 0.15) is 26.4 Å². The summed E-state index contributed by atoms with van der Waals surface area (Å²) in [6.07, 6.45) is -1.03. The largest absolute Gasteiger partial charge is 0.549 e. The number of rotatable bonds is 26. The van der Waals surface area contributed by atoms with Crippen molar-refractivity contribution in [1.29, 1.82) is 0 Å². The van der Waals surface area contributed by atoms with E-state index in [1.54, 1.807) is 70.6 Å². The van der Waals surface area contributed by atoms with Crippen LogP contribution in [0.4, 0.5) is 14.4 Å². The Morgan fingerprint density at radius 1 is 0.429 bits per heavy atom. The summed E-state index contributed by atoms with van der Waals surface area (Å²) in [4.78, 5) is 108. The highest BCUT2D eigenvalue weighted by atomic mass is 28.3. The Morgan fingerprint density at radius 2 is 0.671 bits per heavy atom. The van der Waals surface area contributed by atoms with E-state index in [0.29, 0.717) is 12.8 Å². The molecule has 3 aromatic carbocycles. The summed E-state index contributed by atoms with van der Waals surface area (Å²) in [6, 6.07) is 19.7. The van der Waals surface area contributed by atoms with Crippen molar-refractivity contribution in [1.82, 2.24) is 0 Å². The van der Waals surface area contributed by atoms with E-state index < -0.39 is 85.4 Å². The first kappa shape index (κ1) is 57.3. The molecule has 0 aliphatic carbocycles. The van der Waals surface area contributed by atoms with Crippen LogP contribution >= 0.6 is 0 Å². The first-order valence-corrected chi connectivity index (χ1v) is 29.0. The molecule has 0 radical (unpaired) electrons. The molecule has 3 atom stereocenters. The van der Waals surface area contributed by atoms with Gasteiger partial charge in [-0.3, -0.25) is 0 Å². The normalized spacial score (nSPS) is 12.9. The molecule has 3 unspecified atom stereocenters. The van der Waals surface area contributed by atoms with Crippen molar-refractivity contribution >= 4 is 62.8 Å². The van der Waals surface area contributed by atoms with E-state index >= 15 is 0 Å². The molecule has 18 heteroatoms. The lowest BCUT2D eigenvalue weighted by Gasteiger charge is -2.42. The molecule has 0 saturated carbocycles. The SMILES string of the molecule is C=C[SiH](C=C)C(CC(CCC)(CC(OC(=O)OOC(=O)c1ccc(CC)cc1)[SiH](C=C)C=C)CC(OC(=O)OOC(=O)c1ccc(CC)cc1)[SiH](C=C)C=C)OC(=O)OOC(=O)c1ccc(CC)cc1. The second kappa shape index (κ2) is 29.8. The Balaban J connectivity index is 2.06.